The number of carbonyl (C=O) groups excluding carboxylic acids is 1. The first-order valence-corrected chi connectivity index (χ1v) is 7.37. The highest BCUT2D eigenvalue weighted by Gasteiger charge is 2.17. The van der Waals surface area contributed by atoms with Crippen LogP contribution in [-0.2, 0) is 19.5 Å². The lowest BCUT2D eigenvalue weighted by Crippen LogP contribution is -2.25. The molecule has 0 fully saturated rings. The molecule has 6 heteroatoms. The summed E-state index contributed by atoms with van der Waals surface area (Å²) in [6.07, 6.45) is 3.33. The summed E-state index contributed by atoms with van der Waals surface area (Å²) in [6.45, 7) is 3.36. The number of aryl methyl sites for hydroxylation is 2. The number of nitrogens with zero attached hydrogens (tertiary/aromatic N) is 3. The van der Waals surface area contributed by atoms with Crippen LogP contribution in [0.4, 0.5) is 0 Å². The van der Waals surface area contributed by atoms with Crippen LogP contribution in [0.1, 0.15) is 39.7 Å². The lowest BCUT2D eigenvalue weighted by Gasteiger charge is -2.14. The monoisotopic (exact) mass is 276 g/mol. The molecule has 100 valence electrons. The number of rotatable bonds is 3. The van der Waals surface area contributed by atoms with Crippen molar-refractivity contribution in [1.82, 2.24) is 20.1 Å². The minimum atomic E-state index is -0.0272. The molecule has 0 spiro atoms. The molecular weight excluding hydrogens is 260 g/mol. The first kappa shape index (κ1) is 12.3. The number of hydrogen-bond acceptors (Lipinski definition) is 4. The van der Waals surface area contributed by atoms with Gasteiger partial charge in [0.2, 0.25) is 0 Å². The molecule has 2 aromatic heterocycles. The molecule has 0 bridgehead atoms. The van der Waals surface area contributed by atoms with Crippen molar-refractivity contribution in [2.45, 2.75) is 39.3 Å². The van der Waals surface area contributed by atoms with Gasteiger partial charge in [0.15, 0.2) is 5.82 Å². The fourth-order valence-electron chi connectivity index (χ4n) is 2.34. The van der Waals surface area contributed by atoms with Crippen LogP contribution in [0.3, 0.4) is 0 Å². The number of carbonyl (C=O) groups is 1. The Morgan fingerprint density at radius 3 is 3.16 bits per heavy atom. The maximum absolute atomic E-state index is 12.0. The summed E-state index contributed by atoms with van der Waals surface area (Å²) in [5, 5.41) is 13.2. The van der Waals surface area contributed by atoms with E-state index in [9.17, 15) is 4.79 Å². The fraction of sp³-hybridized carbons (Fsp3) is 0.462. The van der Waals surface area contributed by atoms with Crippen LogP contribution in [0.25, 0.3) is 0 Å². The second kappa shape index (κ2) is 5.13. The summed E-state index contributed by atoms with van der Waals surface area (Å²) in [5.74, 6) is 1.88. The number of amides is 1. The van der Waals surface area contributed by atoms with Crippen molar-refractivity contribution in [3.8, 4) is 0 Å². The van der Waals surface area contributed by atoms with Crippen molar-refractivity contribution in [3.63, 3.8) is 0 Å². The minimum absolute atomic E-state index is 0.0272. The van der Waals surface area contributed by atoms with Crippen molar-refractivity contribution in [1.29, 1.82) is 0 Å². The summed E-state index contributed by atoms with van der Waals surface area (Å²) >= 11 is 1.47. The first-order valence-electron chi connectivity index (χ1n) is 6.49. The Labute approximate surface area is 115 Å². The van der Waals surface area contributed by atoms with Gasteiger partial charge in [0.1, 0.15) is 5.82 Å². The summed E-state index contributed by atoms with van der Waals surface area (Å²) in [6, 6.07) is 1.96. The lowest BCUT2D eigenvalue weighted by molar-refractivity contribution is 0.0953. The van der Waals surface area contributed by atoms with Crippen molar-refractivity contribution in [3.05, 3.63) is 33.5 Å². The van der Waals surface area contributed by atoms with E-state index in [1.165, 1.54) is 17.8 Å². The van der Waals surface area contributed by atoms with Gasteiger partial charge in [-0.05, 0) is 36.8 Å². The number of fused-ring (bicyclic) bond motifs is 1. The third-order valence-corrected chi connectivity index (χ3v) is 4.43. The van der Waals surface area contributed by atoms with Crippen molar-refractivity contribution in [2.75, 3.05) is 0 Å². The number of thiophene rings is 1. The molecule has 0 saturated carbocycles. The Kier molecular flexibility index (Phi) is 3.33. The van der Waals surface area contributed by atoms with Crippen LogP contribution in [-0.4, -0.2) is 20.7 Å². The summed E-state index contributed by atoms with van der Waals surface area (Å²) in [5.41, 5.74) is 1.02. The molecule has 1 amide bonds. The SMILES string of the molecule is Cc1ccsc1C(=O)NCc1nnc2n1CCCC2. The van der Waals surface area contributed by atoms with Gasteiger partial charge >= 0.3 is 0 Å². The summed E-state index contributed by atoms with van der Waals surface area (Å²) in [7, 11) is 0. The molecule has 1 aliphatic heterocycles. The van der Waals surface area contributed by atoms with Gasteiger partial charge in [-0.25, -0.2) is 0 Å². The second-order valence-electron chi connectivity index (χ2n) is 4.76. The molecule has 0 radical (unpaired) electrons. The highest BCUT2D eigenvalue weighted by atomic mass is 32.1. The normalized spacial score (nSPS) is 14.2. The second-order valence-corrected chi connectivity index (χ2v) is 5.67. The van der Waals surface area contributed by atoms with E-state index < -0.39 is 0 Å². The minimum Gasteiger partial charge on any atom is -0.344 e. The Morgan fingerprint density at radius 1 is 1.47 bits per heavy atom. The lowest BCUT2D eigenvalue weighted by atomic mass is 10.2. The smallest absolute Gasteiger partial charge is 0.261 e. The van der Waals surface area contributed by atoms with E-state index in [0.29, 0.717) is 6.54 Å². The van der Waals surface area contributed by atoms with Gasteiger partial charge < -0.3 is 9.88 Å². The van der Waals surface area contributed by atoms with Gasteiger partial charge in [0.05, 0.1) is 11.4 Å². The fourth-order valence-corrected chi connectivity index (χ4v) is 3.19. The molecule has 5 nitrogen and oxygen atoms in total. The third kappa shape index (κ3) is 2.40. The van der Waals surface area contributed by atoms with Gasteiger partial charge in [0.25, 0.3) is 5.91 Å². The standard InChI is InChI=1S/C13H16N4OS/c1-9-5-7-19-12(9)13(18)14-8-11-16-15-10-4-2-3-6-17(10)11/h5,7H,2-4,6,8H2,1H3,(H,14,18). The van der Waals surface area contributed by atoms with Gasteiger partial charge in [0, 0.05) is 13.0 Å². The van der Waals surface area contributed by atoms with E-state index >= 15 is 0 Å². The predicted molar refractivity (Wildman–Crippen MR) is 73.2 cm³/mol. The Bertz CT molecular complexity index is 602. The van der Waals surface area contributed by atoms with Crippen molar-refractivity contribution in [2.24, 2.45) is 0 Å². The molecule has 3 rings (SSSR count). The molecule has 2 aromatic rings. The first-order chi connectivity index (χ1) is 9.25. The maximum atomic E-state index is 12.0. The molecule has 0 aliphatic carbocycles. The average Bonchev–Trinajstić information content (AvgIpc) is 3.02. The molecule has 0 unspecified atom stereocenters. The van der Waals surface area contributed by atoms with Gasteiger partial charge in [-0.15, -0.1) is 21.5 Å². The zero-order valence-electron chi connectivity index (χ0n) is 10.8. The Morgan fingerprint density at radius 2 is 2.37 bits per heavy atom. The molecule has 0 atom stereocenters. The zero-order chi connectivity index (χ0) is 13.2. The number of nitrogens with one attached hydrogen (secondary N) is 1. The summed E-state index contributed by atoms with van der Waals surface area (Å²) in [4.78, 5) is 12.8. The molecular formula is C13H16N4OS. The van der Waals surface area contributed by atoms with Gasteiger partial charge in [-0.2, -0.15) is 0 Å². The van der Waals surface area contributed by atoms with Crippen LogP contribution >= 0.6 is 11.3 Å². The topological polar surface area (TPSA) is 59.8 Å². The number of hydrogen-bond donors (Lipinski definition) is 1. The van der Waals surface area contributed by atoms with Crippen LogP contribution in [0.15, 0.2) is 11.4 Å². The van der Waals surface area contributed by atoms with E-state index in [2.05, 4.69) is 20.1 Å². The molecule has 19 heavy (non-hydrogen) atoms. The highest BCUT2D eigenvalue weighted by Crippen LogP contribution is 2.16. The van der Waals surface area contributed by atoms with E-state index in [4.69, 9.17) is 0 Å². The van der Waals surface area contributed by atoms with Crippen molar-refractivity contribution < 1.29 is 4.79 Å². The van der Waals surface area contributed by atoms with Crippen LogP contribution in [0, 0.1) is 6.92 Å². The maximum Gasteiger partial charge on any atom is 0.261 e. The van der Waals surface area contributed by atoms with Crippen LogP contribution in [0.2, 0.25) is 0 Å². The van der Waals surface area contributed by atoms with Crippen LogP contribution in [0.5, 0.6) is 0 Å². The molecule has 0 aromatic carbocycles. The van der Waals surface area contributed by atoms with E-state index in [1.807, 2.05) is 18.4 Å². The molecule has 1 N–H and O–H groups in total. The Balaban J connectivity index is 1.68. The predicted octanol–water partition coefficient (Wildman–Crippen LogP) is 1.91. The van der Waals surface area contributed by atoms with E-state index in [0.717, 1.165) is 41.5 Å². The zero-order valence-corrected chi connectivity index (χ0v) is 11.7. The largest absolute Gasteiger partial charge is 0.344 e. The van der Waals surface area contributed by atoms with Gasteiger partial charge in [-0.3, -0.25) is 4.79 Å². The van der Waals surface area contributed by atoms with Crippen LogP contribution < -0.4 is 5.32 Å². The summed E-state index contributed by atoms with van der Waals surface area (Å²) < 4.78 is 2.13. The highest BCUT2D eigenvalue weighted by molar-refractivity contribution is 7.12. The van der Waals surface area contributed by atoms with E-state index in [-0.39, 0.29) is 5.91 Å². The van der Waals surface area contributed by atoms with Gasteiger partial charge in [-0.1, -0.05) is 0 Å². The third-order valence-electron chi connectivity index (χ3n) is 3.41. The molecule has 1 aliphatic rings. The molecule has 0 saturated heterocycles. The van der Waals surface area contributed by atoms with Crippen molar-refractivity contribution >= 4 is 17.2 Å². The van der Waals surface area contributed by atoms with E-state index in [1.54, 1.807) is 0 Å². The molecule has 3 heterocycles. The average molecular weight is 276 g/mol. The Hall–Kier alpha value is -1.69. The quantitative estimate of drug-likeness (QED) is 0.931. The number of aromatic nitrogens is 3.